The van der Waals surface area contributed by atoms with Crippen LogP contribution in [-0.2, 0) is 9.59 Å². The highest BCUT2D eigenvalue weighted by atomic mass is 16.5. The Morgan fingerprint density at radius 1 is 0.963 bits per heavy atom. The second-order valence-electron chi connectivity index (χ2n) is 6.08. The number of hydrogen-bond acceptors (Lipinski definition) is 5. The zero-order valence-corrected chi connectivity index (χ0v) is 15.1. The van der Waals surface area contributed by atoms with Crippen molar-refractivity contribution in [1.82, 2.24) is 5.32 Å². The molecule has 0 spiro atoms. The summed E-state index contributed by atoms with van der Waals surface area (Å²) in [6, 6.07) is 12.4. The van der Waals surface area contributed by atoms with E-state index in [2.05, 4.69) is 10.6 Å². The number of nitrogens with one attached hydrogen (secondary N) is 2. The van der Waals surface area contributed by atoms with Crippen molar-refractivity contribution in [3.63, 3.8) is 0 Å². The number of carbonyl (C=O) groups is 3. The molecular weight excluding hydrogens is 350 g/mol. The Balaban J connectivity index is 1.81. The molecule has 3 rings (SSSR count). The maximum Gasteiger partial charge on any atom is 0.330 e. The largest absolute Gasteiger partial charge is 0.497 e. The van der Waals surface area contributed by atoms with Crippen LogP contribution in [-0.4, -0.2) is 37.6 Å². The molecule has 0 aromatic heterocycles. The Kier molecular flexibility index (Phi) is 4.72. The van der Waals surface area contributed by atoms with Gasteiger partial charge in [0.1, 0.15) is 11.5 Å². The Morgan fingerprint density at radius 3 is 2.00 bits per heavy atom. The summed E-state index contributed by atoms with van der Waals surface area (Å²) in [5.41, 5.74) is -0.900. The van der Waals surface area contributed by atoms with E-state index in [1.807, 2.05) is 0 Å². The highest BCUT2D eigenvalue weighted by molar-refractivity contribution is 6.32. The van der Waals surface area contributed by atoms with Crippen LogP contribution in [0, 0.1) is 0 Å². The summed E-state index contributed by atoms with van der Waals surface area (Å²) in [6.45, 7) is 1.37. The smallest absolute Gasteiger partial charge is 0.330 e. The van der Waals surface area contributed by atoms with Crippen LogP contribution in [0.4, 0.5) is 16.2 Å². The first-order valence-electron chi connectivity index (χ1n) is 8.15. The van der Waals surface area contributed by atoms with Crippen molar-refractivity contribution in [1.29, 1.82) is 0 Å². The van der Waals surface area contributed by atoms with Gasteiger partial charge in [0.25, 0.3) is 11.8 Å². The van der Waals surface area contributed by atoms with Crippen LogP contribution in [0.2, 0.25) is 0 Å². The highest BCUT2D eigenvalue weighted by Crippen LogP contribution is 2.27. The second kappa shape index (κ2) is 6.99. The van der Waals surface area contributed by atoms with Crippen molar-refractivity contribution < 1.29 is 23.9 Å². The van der Waals surface area contributed by atoms with Crippen molar-refractivity contribution in [2.24, 2.45) is 0 Å². The summed E-state index contributed by atoms with van der Waals surface area (Å²) in [5.74, 6) is -0.0772. The fourth-order valence-electron chi connectivity index (χ4n) is 2.69. The average molecular weight is 369 g/mol. The molecule has 1 heterocycles. The zero-order chi connectivity index (χ0) is 19.6. The van der Waals surface area contributed by atoms with E-state index in [-0.39, 0.29) is 0 Å². The molecule has 2 aromatic carbocycles. The Bertz CT molecular complexity index is 879. The molecule has 0 aliphatic carbocycles. The first-order valence-corrected chi connectivity index (χ1v) is 8.15. The molecule has 1 saturated heterocycles. The highest BCUT2D eigenvalue weighted by Gasteiger charge is 2.53. The molecule has 4 amide bonds. The molecule has 140 valence electrons. The predicted molar refractivity (Wildman–Crippen MR) is 99.0 cm³/mol. The predicted octanol–water partition coefficient (Wildman–Crippen LogP) is 2.16. The molecule has 2 aromatic rings. The zero-order valence-electron chi connectivity index (χ0n) is 15.1. The van der Waals surface area contributed by atoms with Gasteiger partial charge in [0, 0.05) is 5.69 Å². The first-order chi connectivity index (χ1) is 12.9. The minimum absolute atomic E-state index is 0.347. The van der Waals surface area contributed by atoms with Crippen molar-refractivity contribution in [2.45, 2.75) is 12.5 Å². The Morgan fingerprint density at radius 2 is 1.48 bits per heavy atom. The Labute approximate surface area is 156 Å². The van der Waals surface area contributed by atoms with Gasteiger partial charge >= 0.3 is 6.03 Å². The van der Waals surface area contributed by atoms with Crippen molar-refractivity contribution in [3.05, 3.63) is 48.5 Å². The summed E-state index contributed by atoms with van der Waals surface area (Å²) < 4.78 is 10.1. The van der Waals surface area contributed by atoms with Crippen LogP contribution >= 0.6 is 0 Å². The monoisotopic (exact) mass is 369 g/mol. The van der Waals surface area contributed by atoms with E-state index in [0.717, 1.165) is 4.90 Å². The van der Waals surface area contributed by atoms with Gasteiger partial charge in [-0.25, -0.2) is 9.69 Å². The number of benzene rings is 2. The lowest BCUT2D eigenvalue weighted by atomic mass is 10.0. The van der Waals surface area contributed by atoms with Gasteiger partial charge in [0.15, 0.2) is 5.54 Å². The molecule has 0 bridgehead atoms. The van der Waals surface area contributed by atoms with Crippen LogP contribution in [0.3, 0.4) is 0 Å². The molecule has 27 heavy (non-hydrogen) atoms. The minimum Gasteiger partial charge on any atom is -0.497 e. The van der Waals surface area contributed by atoms with Gasteiger partial charge in [0.05, 0.1) is 19.9 Å². The molecular formula is C19H19N3O5. The number of anilines is 2. The molecule has 0 saturated carbocycles. The minimum atomic E-state index is -1.73. The SMILES string of the molecule is COc1ccc(NC(=O)C2(C)NC(=O)N(c3ccc(OC)cc3)C2=O)cc1. The molecule has 1 fully saturated rings. The third-order valence-electron chi connectivity index (χ3n) is 4.32. The Hall–Kier alpha value is -3.55. The normalized spacial score (nSPS) is 18.9. The summed E-state index contributed by atoms with van der Waals surface area (Å²) in [4.78, 5) is 38.9. The standard InChI is InChI=1S/C19H19N3O5/c1-19(16(23)20-12-4-8-14(26-2)9-5-12)17(24)22(18(25)21-19)13-6-10-15(27-3)11-7-13/h4-11H,1-3H3,(H,20,23)(H,21,25). The number of hydrogen-bond donors (Lipinski definition) is 2. The van der Waals surface area contributed by atoms with Crippen molar-refractivity contribution in [3.8, 4) is 11.5 Å². The van der Waals surface area contributed by atoms with Crippen LogP contribution in [0.25, 0.3) is 0 Å². The molecule has 8 heteroatoms. The van der Waals surface area contributed by atoms with Gasteiger partial charge < -0.3 is 20.1 Å². The maximum atomic E-state index is 12.9. The van der Waals surface area contributed by atoms with Gasteiger partial charge in [-0.2, -0.15) is 0 Å². The van der Waals surface area contributed by atoms with Crippen molar-refractivity contribution in [2.75, 3.05) is 24.4 Å². The third kappa shape index (κ3) is 3.29. The number of ether oxygens (including phenoxy) is 2. The van der Waals surface area contributed by atoms with E-state index < -0.39 is 23.4 Å². The molecule has 1 aliphatic rings. The van der Waals surface area contributed by atoms with Gasteiger partial charge in [-0.3, -0.25) is 9.59 Å². The number of carbonyl (C=O) groups excluding carboxylic acids is 3. The van der Waals surface area contributed by atoms with Gasteiger partial charge in [0.2, 0.25) is 0 Å². The quantitative estimate of drug-likeness (QED) is 0.622. The third-order valence-corrected chi connectivity index (χ3v) is 4.32. The van der Waals surface area contributed by atoms with Crippen LogP contribution in [0.5, 0.6) is 11.5 Å². The molecule has 1 unspecified atom stereocenters. The van der Waals surface area contributed by atoms with Crippen LogP contribution < -0.4 is 25.0 Å². The van der Waals surface area contributed by atoms with Gasteiger partial charge in [-0.15, -0.1) is 0 Å². The van der Waals surface area contributed by atoms with E-state index in [9.17, 15) is 14.4 Å². The number of urea groups is 1. The molecule has 1 aliphatic heterocycles. The molecule has 0 radical (unpaired) electrons. The second-order valence-corrected chi connectivity index (χ2v) is 6.08. The fourth-order valence-corrected chi connectivity index (χ4v) is 2.69. The van der Waals surface area contributed by atoms with Crippen molar-refractivity contribution >= 4 is 29.2 Å². The summed E-state index contributed by atoms with van der Waals surface area (Å²) in [6.07, 6.45) is 0. The topological polar surface area (TPSA) is 97.0 Å². The number of methoxy groups -OCH3 is 2. The summed E-state index contributed by atoms with van der Waals surface area (Å²) in [5, 5.41) is 5.11. The van der Waals surface area contributed by atoms with E-state index in [1.165, 1.54) is 21.1 Å². The molecule has 2 N–H and O–H groups in total. The maximum absolute atomic E-state index is 12.9. The van der Waals surface area contributed by atoms with Crippen LogP contribution in [0.1, 0.15) is 6.92 Å². The number of imide groups is 1. The summed E-state index contributed by atoms with van der Waals surface area (Å²) in [7, 11) is 3.05. The van der Waals surface area contributed by atoms with Crippen LogP contribution in [0.15, 0.2) is 48.5 Å². The fraction of sp³-hybridized carbons (Fsp3) is 0.211. The average Bonchev–Trinajstić information content (AvgIpc) is 2.92. The summed E-state index contributed by atoms with van der Waals surface area (Å²) >= 11 is 0. The molecule has 1 atom stereocenters. The van der Waals surface area contributed by atoms with E-state index in [4.69, 9.17) is 9.47 Å². The van der Waals surface area contributed by atoms with E-state index >= 15 is 0 Å². The lowest BCUT2D eigenvalue weighted by Crippen LogP contribution is -2.54. The first kappa shape index (κ1) is 18.2. The lowest BCUT2D eigenvalue weighted by Gasteiger charge is -2.21. The number of amides is 4. The van der Waals surface area contributed by atoms with Gasteiger partial charge in [-0.1, -0.05) is 0 Å². The van der Waals surface area contributed by atoms with Gasteiger partial charge in [-0.05, 0) is 55.5 Å². The lowest BCUT2D eigenvalue weighted by molar-refractivity contribution is -0.131. The molecule has 8 nitrogen and oxygen atoms in total. The van der Waals surface area contributed by atoms with E-state index in [0.29, 0.717) is 22.9 Å². The number of nitrogens with zero attached hydrogens (tertiary/aromatic N) is 1. The van der Waals surface area contributed by atoms with E-state index in [1.54, 1.807) is 48.5 Å². The number of rotatable bonds is 5.